The molecule has 1 atom stereocenters. The molecule has 1 aliphatic heterocycles. The summed E-state index contributed by atoms with van der Waals surface area (Å²) in [7, 11) is 3.10. The Balaban J connectivity index is 2.76. The lowest BCUT2D eigenvalue weighted by atomic mass is 10.2. The van der Waals surface area contributed by atoms with Crippen molar-refractivity contribution in [2.24, 2.45) is 5.73 Å². The highest BCUT2D eigenvalue weighted by Gasteiger charge is 2.39. The van der Waals surface area contributed by atoms with Crippen LogP contribution in [0.15, 0.2) is 0 Å². The van der Waals surface area contributed by atoms with E-state index < -0.39 is 0 Å². The number of amides is 3. The lowest BCUT2D eigenvalue weighted by molar-refractivity contribution is -0.127. The molecule has 0 spiro atoms. The number of likely N-dealkylation sites (N-methyl/N-ethyl adjacent to an activating group) is 2. The summed E-state index contributed by atoms with van der Waals surface area (Å²) in [5.74, 6) is -0.159. The molecule has 1 heterocycles. The molecule has 0 aliphatic carbocycles. The van der Waals surface area contributed by atoms with Crippen LogP contribution in [0.3, 0.4) is 0 Å². The maximum atomic E-state index is 11.3. The molecule has 1 fully saturated rings. The van der Waals surface area contributed by atoms with Crippen LogP contribution in [0.25, 0.3) is 0 Å². The summed E-state index contributed by atoms with van der Waals surface area (Å²) in [6.07, 6.45) is 0.533. The fourth-order valence-electron chi connectivity index (χ4n) is 1.33. The number of urea groups is 1. The van der Waals surface area contributed by atoms with Gasteiger partial charge >= 0.3 is 6.03 Å². The van der Waals surface area contributed by atoms with E-state index in [1.807, 2.05) is 0 Å². The highest BCUT2D eigenvalue weighted by Crippen LogP contribution is 2.15. The van der Waals surface area contributed by atoms with E-state index >= 15 is 0 Å². The average Bonchev–Trinajstić information content (AvgIpc) is 2.23. The van der Waals surface area contributed by atoms with E-state index in [-0.39, 0.29) is 18.0 Å². The quantitative estimate of drug-likeness (QED) is 0.555. The van der Waals surface area contributed by atoms with Gasteiger partial charge in [0.05, 0.1) is 0 Å². The van der Waals surface area contributed by atoms with Crippen LogP contribution in [0.4, 0.5) is 4.79 Å². The zero-order valence-corrected chi connectivity index (χ0v) is 7.28. The van der Waals surface area contributed by atoms with Gasteiger partial charge in [0, 0.05) is 14.1 Å². The van der Waals surface area contributed by atoms with Crippen LogP contribution in [0.5, 0.6) is 0 Å². The minimum Gasteiger partial charge on any atom is -0.330 e. The average molecular weight is 171 g/mol. The zero-order valence-electron chi connectivity index (χ0n) is 7.28. The van der Waals surface area contributed by atoms with Gasteiger partial charge in [-0.3, -0.25) is 9.69 Å². The standard InChI is InChI=1S/C7H13N3O2/c1-9-5(3-4-8)6(11)10(2)7(9)12/h5H,3-4,8H2,1-2H3. The maximum Gasteiger partial charge on any atom is 0.326 e. The zero-order chi connectivity index (χ0) is 9.30. The molecule has 1 saturated heterocycles. The third kappa shape index (κ3) is 1.16. The lowest BCUT2D eigenvalue weighted by Gasteiger charge is -2.14. The first kappa shape index (κ1) is 8.99. The Morgan fingerprint density at radius 2 is 2.00 bits per heavy atom. The van der Waals surface area contributed by atoms with Crippen molar-refractivity contribution in [1.82, 2.24) is 9.80 Å². The summed E-state index contributed by atoms with van der Waals surface area (Å²) in [6, 6.07) is -0.606. The van der Waals surface area contributed by atoms with Crippen molar-refractivity contribution >= 4 is 11.9 Å². The first-order chi connectivity index (χ1) is 5.59. The third-order valence-corrected chi connectivity index (χ3v) is 2.11. The molecule has 0 radical (unpaired) electrons. The summed E-state index contributed by atoms with van der Waals surface area (Å²) in [4.78, 5) is 25.1. The Hall–Kier alpha value is -1.10. The van der Waals surface area contributed by atoms with Crippen molar-refractivity contribution in [3.05, 3.63) is 0 Å². The molecule has 0 bridgehead atoms. The van der Waals surface area contributed by atoms with Gasteiger partial charge in [0.15, 0.2) is 0 Å². The van der Waals surface area contributed by atoms with Crippen LogP contribution < -0.4 is 5.73 Å². The second-order valence-electron chi connectivity index (χ2n) is 2.88. The van der Waals surface area contributed by atoms with Crippen LogP contribution in [-0.2, 0) is 4.79 Å². The summed E-state index contributed by atoms with van der Waals surface area (Å²) in [6.45, 7) is 0.419. The highest BCUT2D eigenvalue weighted by atomic mass is 16.2. The molecule has 1 aliphatic rings. The van der Waals surface area contributed by atoms with E-state index in [4.69, 9.17) is 5.73 Å². The Morgan fingerprint density at radius 1 is 1.42 bits per heavy atom. The van der Waals surface area contributed by atoms with Crippen molar-refractivity contribution < 1.29 is 9.59 Å². The number of nitrogens with zero attached hydrogens (tertiary/aromatic N) is 2. The number of imide groups is 1. The predicted molar refractivity (Wildman–Crippen MR) is 43.4 cm³/mol. The van der Waals surface area contributed by atoms with E-state index in [0.717, 1.165) is 4.90 Å². The topological polar surface area (TPSA) is 66.6 Å². The van der Waals surface area contributed by atoms with Crippen molar-refractivity contribution in [3.8, 4) is 0 Å². The van der Waals surface area contributed by atoms with E-state index in [1.54, 1.807) is 7.05 Å². The number of carbonyl (C=O) groups excluding carboxylic acids is 2. The van der Waals surface area contributed by atoms with E-state index in [2.05, 4.69) is 0 Å². The summed E-state index contributed by atoms with van der Waals surface area (Å²) < 4.78 is 0. The summed E-state index contributed by atoms with van der Waals surface area (Å²) in [5, 5.41) is 0. The fraction of sp³-hybridized carbons (Fsp3) is 0.714. The number of carbonyl (C=O) groups is 2. The van der Waals surface area contributed by atoms with Gasteiger partial charge in [-0.05, 0) is 13.0 Å². The minimum atomic E-state index is -0.354. The third-order valence-electron chi connectivity index (χ3n) is 2.11. The molecule has 0 aromatic heterocycles. The lowest BCUT2D eigenvalue weighted by Crippen LogP contribution is -2.33. The SMILES string of the molecule is CN1C(=O)C(CCN)N(C)C1=O. The molecule has 2 N–H and O–H groups in total. The Morgan fingerprint density at radius 3 is 2.33 bits per heavy atom. The number of hydrogen-bond acceptors (Lipinski definition) is 3. The van der Waals surface area contributed by atoms with Crippen LogP contribution in [0.1, 0.15) is 6.42 Å². The molecular formula is C7H13N3O2. The van der Waals surface area contributed by atoms with Crippen molar-refractivity contribution in [2.45, 2.75) is 12.5 Å². The molecule has 5 nitrogen and oxygen atoms in total. The van der Waals surface area contributed by atoms with Crippen LogP contribution in [-0.4, -0.2) is 48.4 Å². The Kier molecular flexibility index (Phi) is 2.32. The first-order valence-corrected chi connectivity index (χ1v) is 3.84. The second-order valence-corrected chi connectivity index (χ2v) is 2.88. The van der Waals surface area contributed by atoms with Gasteiger partial charge in [0.25, 0.3) is 5.91 Å². The van der Waals surface area contributed by atoms with Crippen molar-refractivity contribution in [3.63, 3.8) is 0 Å². The molecule has 0 saturated carbocycles. The van der Waals surface area contributed by atoms with Crippen LogP contribution in [0, 0.1) is 0 Å². The normalized spacial score (nSPS) is 24.1. The Bertz CT molecular complexity index is 217. The molecule has 1 unspecified atom stereocenters. The van der Waals surface area contributed by atoms with Gasteiger partial charge in [-0.15, -0.1) is 0 Å². The van der Waals surface area contributed by atoms with Crippen LogP contribution in [0.2, 0.25) is 0 Å². The molecule has 12 heavy (non-hydrogen) atoms. The number of rotatable bonds is 2. The molecule has 3 amide bonds. The van der Waals surface area contributed by atoms with E-state index in [1.165, 1.54) is 11.9 Å². The fourth-order valence-corrected chi connectivity index (χ4v) is 1.33. The molecule has 1 rings (SSSR count). The molecular weight excluding hydrogens is 158 g/mol. The molecule has 68 valence electrons. The molecule has 5 heteroatoms. The monoisotopic (exact) mass is 171 g/mol. The van der Waals surface area contributed by atoms with Crippen LogP contribution >= 0.6 is 0 Å². The maximum absolute atomic E-state index is 11.3. The smallest absolute Gasteiger partial charge is 0.326 e. The second kappa shape index (κ2) is 3.10. The van der Waals surface area contributed by atoms with Crippen molar-refractivity contribution in [2.75, 3.05) is 20.6 Å². The van der Waals surface area contributed by atoms with Gasteiger partial charge in [-0.1, -0.05) is 0 Å². The minimum absolute atomic E-state index is 0.159. The van der Waals surface area contributed by atoms with Gasteiger partial charge in [-0.2, -0.15) is 0 Å². The van der Waals surface area contributed by atoms with Crippen molar-refractivity contribution in [1.29, 1.82) is 0 Å². The summed E-state index contributed by atoms with van der Waals surface area (Å²) >= 11 is 0. The van der Waals surface area contributed by atoms with Gasteiger partial charge in [-0.25, -0.2) is 4.79 Å². The van der Waals surface area contributed by atoms with Gasteiger partial charge in [0.1, 0.15) is 6.04 Å². The largest absolute Gasteiger partial charge is 0.330 e. The predicted octanol–water partition coefficient (Wildman–Crippen LogP) is -0.772. The highest BCUT2D eigenvalue weighted by molar-refractivity contribution is 6.03. The van der Waals surface area contributed by atoms with E-state index in [0.29, 0.717) is 13.0 Å². The van der Waals surface area contributed by atoms with Gasteiger partial charge in [0.2, 0.25) is 0 Å². The molecule has 0 aromatic carbocycles. The number of nitrogens with two attached hydrogens (primary N) is 1. The first-order valence-electron chi connectivity index (χ1n) is 3.84. The molecule has 0 aromatic rings. The Labute approximate surface area is 71.1 Å². The summed E-state index contributed by atoms with van der Waals surface area (Å²) in [5.41, 5.74) is 5.31. The number of hydrogen-bond donors (Lipinski definition) is 1. The van der Waals surface area contributed by atoms with E-state index in [9.17, 15) is 9.59 Å². The van der Waals surface area contributed by atoms with Gasteiger partial charge < -0.3 is 10.6 Å².